The lowest BCUT2D eigenvalue weighted by atomic mass is 10.1. The lowest BCUT2D eigenvalue weighted by Crippen LogP contribution is -2.38. The molecule has 4 rings (SSSR count). The van der Waals surface area contributed by atoms with E-state index < -0.39 is 0 Å². The van der Waals surface area contributed by atoms with E-state index in [0.29, 0.717) is 0 Å². The summed E-state index contributed by atoms with van der Waals surface area (Å²) in [6.45, 7) is 5.78. The molecule has 0 atom stereocenters. The minimum absolute atomic E-state index is 0. The fraction of sp³-hybridized carbons (Fsp3) is 0.350. The molecule has 26 heavy (non-hydrogen) atoms. The van der Waals surface area contributed by atoms with Gasteiger partial charge in [-0.3, -0.25) is 4.90 Å². The van der Waals surface area contributed by atoms with E-state index in [0.717, 1.165) is 57.2 Å². The number of nitrogens with zero attached hydrogens (tertiary/aromatic N) is 3. The Balaban J connectivity index is 0.00000121. The van der Waals surface area contributed by atoms with Crippen LogP contribution < -0.4 is 0 Å². The summed E-state index contributed by atoms with van der Waals surface area (Å²) in [5, 5.41) is 0. The molecule has 1 fully saturated rings. The topological polar surface area (TPSA) is 30.3 Å². The van der Waals surface area contributed by atoms with Crippen LogP contribution in [0.2, 0.25) is 0 Å². The number of morpholine rings is 1. The quantitative estimate of drug-likeness (QED) is 0.548. The average Bonchev–Trinajstić information content (AvgIpc) is 2.99. The highest BCUT2D eigenvalue weighted by atomic mass is 79.9. The van der Waals surface area contributed by atoms with Gasteiger partial charge in [0.2, 0.25) is 0 Å². The zero-order chi connectivity index (χ0) is 16.2. The SMILES string of the molecule is Br.Br.c1ccc(Cc2nc3ccccc3n2CCN2CCOCC2)cc1. The predicted molar refractivity (Wildman–Crippen MR) is 117 cm³/mol. The van der Waals surface area contributed by atoms with Gasteiger partial charge in [0.05, 0.1) is 24.2 Å². The molecule has 1 aliphatic heterocycles. The molecule has 1 aliphatic rings. The molecule has 0 saturated carbocycles. The summed E-state index contributed by atoms with van der Waals surface area (Å²) in [7, 11) is 0. The highest BCUT2D eigenvalue weighted by molar-refractivity contribution is 8.93. The molecule has 0 spiro atoms. The van der Waals surface area contributed by atoms with Crippen LogP contribution in [0.4, 0.5) is 0 Å². The van der Waals surface area contributed by atoms with E-state index >= 15 is 0 Å². The summed E-state index contributed by atoms with van der Waals surface area (Å²) in [5.41, 5.74) is 3.63. The molecule has 1 saturated heterocycles. The number of ether oxygens (including phenoxy) is 1. The third-order valence-electron chi connectivity index (χ3n) is 4.68. The highest BCUT2D eigenvalue weighted by Gasteiger charge is 2.14. The second kappa shape index (κ2) is 10.2. The van der Waals surface area contributed by atoms with Crippen molar-refractivity contribution in [2.75, 3.05) is 32.8 Å². The van der Waals surface area contributed by atoms with E-state index in [9.17, 15) is 0 Å². The summed E-state index contributed by atoms with van der Waals surface area (Å²) >= 11 is 0. The van der Waals surface area contributed by atoms with E-state index in [1.165, 1.54) is 11.1 Å². The maximum absolute atomic E-state index is 5.45. The average molecular weight is 483 g/mol. The van der Waals surface area contributed by atoms with E-state index in [1.807, 2.05) is 0 Å². The Bertz CT molecular complexity index is 801. The number of benzene rings is 2. The van der Waals surface area contributed by atoms with Gasteiger partial charge in [0, 0.05) is 32.6 Å². The molecule has 140 valence electrons. The Kier molecular flexibility index (Phi) is 8.28. The minimum atomic E-state index is 0. The maximum atomic E-state index is 5.45. The third kappa shape index (κ3) is 4.94. The number of halogens is 2. The van der Waals surface area contributed by atoms with Gasteiger partial charge in [-0.15, -0.1) is 34.0 Å². The van der Waals surface area contributed by atoms with E-state index in [-0.39, 0.29) is 34.0 Å². The molecular formula is C20H25Br2N3O. The molecule has 0 bridgehead atoms. The van der Waals surface area contributed by atoms with Crippen LogP contribution in [0.1, 0.15) is 11.4 Å². The lowest BCUT2D eigenvalue weighted by molar-refractivity contribution is 0.0364. The molecule has 0 unspecified atom stereocenters. The number of fused-ring (bicyclic) bond motifs is 1. The van der Waals surface area contributed by atoms with Crippen LogP contribution >= 0.6 is 34.0 Å². The number of aromatic nitrogens is 2. The molecule has 0 N–H and O–H groups in total. The smallest absolute Gasteiger partial charge is 0.114 e. The Morgan fingerprint density at radius 1 is 0.846 bits per heavy atom. The van der Waals surface area contributed by atoms with Gasteiger partial charge in [-0.2, -0.15) is 0 Å². The van der Waals surface area contributed by atoms with Crippen molar-refractivity contribution in [3.05, 3.63) is 66.0 Å². The van der Waals surface area contributed by atoms with E-state index in [2.05, 4.69) is 64.1 Å². The summed E-state index contributed by atoms with van der Waals surface area (Å²) in [4.78, 5) is 7.37. The van der Waals surface area contributed by atoms with Crippen LogP contribution in [0, 0.1) is 0 Å². The number of rotatable bonds is 5. The van der Waals surface area contributed by atoms with Gasteiger partial charge in [0.25, 0.3) is 0 Å². The molecule has 0 radical (unpaired) electrons. The third-order valence-corrected chi connectivity index (χ3v) is 4.68. The van der Waals surface area contributed by atoms with Crippen molar-refractivity contribution in [2.24, 2.45) is 0 Å². The summed E-state index contributed by atoms with van der Waals surface area (Å²) in [5.74, 6) is 1.15. The van der Waals surface area contributed by atoms with Crippen molar-refractivity contribution in [1.29, 1.82) is 0 Å². The zero-order valence-electron chi connectivity index (χ0n) is 14.7. The number of para-hydroxylation sites is 2. The molecule has 0 aliphatic carbocycles. The number of imidazole rings is 1. The first-order valence-corrected chi connectivity index (χ1v) is 8.68. The van der Waals surface area contributed by atoms with E-state index in [1.54, 1.807) is 0 Å². The number of hydrogen-bond acceptors (Lipinski definition) is 3. The normalized spacial score (nSPS) is 14.6. The van der Waals surface area contributed by atoms with Crippen molar-refractivity contribution in [3.63, 3.8) is 0 Å². The summed E-state index contributed by atoms with van der Waals surface area (Å²) in [6.07, 6.45) is 0.874. The van der Waals surface area contributed by atoms with Gasteiger partial charge in [0.1, 0.15) is 5.82 Å². The zero-order valence-corrected chi connectivity index (χ0v) is 18.1. The van der Waals surface area contributed by atoms with Gasteiger partial charge < -0.3 is 9.30 Å². The van der Waals surface area contributed by atoms with E-state index in [4.69, 9.17) is 9.72 Å². The lowest BCUT2D eigenvalue weighted by Gasteiger charge is -2.27. The molecule has 3 aromatic rings. The van der Waals surface area contributed by atoms with Crippen LogP contribution in [-0.2, 0) is 17.7 Å². The Morgan fingerprint density at radius 3 is 2.31 bits per heavy atom. The highest BCUT2D eigenvalue weighted by Crippen LogP contribution is 2.19. The standard InChI is InChI=1S/C20H23N3O.2BrH/c1-2-6-17(7-3-1)16-20-21-18-8-4-5-9-19(18)23(20)11-10-22-12-14-24-15-13-22;;/h1-9H,10-16H2;2*1H. The fourth-order valence-corrected chi connectivity index (χ4v) is 3.35. The fourth-order valence-electron chi connectivity index (χ4n) is 3.35. The predicted octanol–water partition coefficient (Wildman–Crippen LogP) is 4.12. The molecular weight excluding hydrogens is 458 g/mol. The molecule has 0 amide bonds. The monoisotopic (exact) mass is 481 g/mol. The van der Waals surface area contributed by atoms with Crippen molar-refractivity contribution in [1.82, 2.24) is 14.5 Å². The van der Waals surface area contributed by atoms with Crippen LogP contribution in [0.15, 0.2) is 54.6 Å². The van der Waals surface area contributed by atoms with Gasteiger partial charge in [-0.1, -0.05) is 42.5 Å². The van der Waals surface area contributed by atoms with Gasteiger partial charge in [0.15, 0.2) is 0 Å². The minimum Gasteiger partial charge on any atom is -0.379 e. The molecule has 1 aromatic heterocycles. The molecule has 2 heterocycles. The van der Waals surface area contributed by atoms with Gasteiger partial charge in [-0.25, -0.2) is 4.98 Å². The molecule has 2 aromatic carbocycles. The Labute approximate surface area is 175 Å². The van der Waals surface area contributed by atoms with Crippen LogP contribution in [0.5, 0.6) is 0 Å². The van der Waals surface area contributed by atoms with Crippen LogP contribution in [-0.4, -0.2) is 47.3 Å². The van der Waals surface area contributed by atoms with Crippen LogP contribution in [0.3, 0.4) is 0 Å². The maximum Gasteiger partial charge on any atom is 0.114 e. The second-order valence-electron chi connectivity index (χ2n) is 6.28. The van der Waals surface area contributed by atoms with Crippen molar-refractivity contribution in [2.45, 2.75) is 13.0 Å². The van der Waals surface area contributed by atoms with Crippen molar-refractivity contribution >= 4 is 45.0 Å². The first kappa shape index (κ1) is 21.1. The molecule has 6 heteroatoms. The van der Waals surface area contributed by atoms with Gasteiger partial charge in [-0.05, 0) is 17.7 Å². The largest absolute Gasteiger partial charge is 0.379 e. The van der Waals surface area contributed by atoms with Crippen molar-refractivity contribution < 1.29 is 4.74 Å². The summed E-state index contributed by atoms with van der Waals surface area (Å²) < 4.78 is 7.84. The van der Waals surface area contributed by atoms with Crippen LogP contribution in [0.25, 0.3) is 11.0 Å². The first-order chi connectivity index (χ1) is 11.9. The van der Waals surface area contributed by atoms with Gasteiger partial charge >= 0.3 is 0 Å². The Morgan fingerprint density at radius 2 is 1.54 bits per heavy atom. The molecule has 4 nitrogen and oxygen atoms in total. The van der Waals surface area contributed by atoms with Crippen molar-refractivity contribution in [3.8, 4) is 0 Å². The second-order valence-corrected chi connectivity index (χ2v) is 6.28. The Hall–Kier alpha value is -1.21. The summed E-state index contributed by atoms with van der Waals surface area (Å²) in [6, 6.07) is 19.0. The first-order valence-electron chi connectivity index (χ1n) is 8.68. The number of hydrogen-bond donors (Lipinski definition) is 0.